The molecule has 3 heteroatoms. The number of para-hydroxylation sites is 1. The van der Waals surface area contributed by atoms with Crippen LogP contribution in [0, 0.1) is 0 Å². The van der Waals surface area contributed by atoms with E-state index < -0.39 is 0 Å². The Morgan fingerprint density at radius 2 is 1.52 bits per heavy atom. The van der Waals surface area contributed by atoms with Crippen molar-refractivity contribution in [3.8, 4) is 5.75 Å². The van der Waals surface area contributed by atoms with Gasteiger partial charge in [-0.3, -0.25) is 0 Å². The molecular weight excluding hydrogens is 286 g/mol. The van der Waals surface area contributed by atoms with Gasteiger partial charge in [0.2, 0.25) is 6.08 Å². The Balaban J connectivity index is 0. The third kappa shape index (κ3) is 25.4. The first kappa shape index (κ1) is 23.4. The first-order chi connectivity index (χ1) is 11.2. The molecule has 23 heavy (non-hydrogen) atoms. The molecular formula is C20H33NO2. The van der Waals surface area contributed by atoms with Gasteiger partial charge in [-0.05, 0) is 25.5 Å². The lowest BCUT2D eigenvalue weighted by molar-refractivity contribution is 0.475. The molecule has 0 bridgehead atoms. The highest BCUT2D eigenvalue weighted by Gasteiger charge is 1.90. The van der Waals surface area contributed by atoms with Crippen LogP contribution in [0.25, 0.3) is 0 Å². The Kier molecular flexibility index (Phi) is 22.8. The van der Waals surface area contributed by atoms with Crippen LogP contribution in [-0.2, 0) is 4.79 Å². The molecule has 1 N–H and O–H groups in total. The minimum atomic E-state index is 0.322. The van der Waals surface area contributed by atoms with Gasteiger partial charge in [0.25, 0.3) is 0 Å². The standard InChI is InChI=1S/C11H21NO.C6H6O.C3H6/c1-2-3-4-5-6-7-8-9-10-12-11-13;7-6-4-2-1-3-5-6;1-3-2/h2-10H2,1H3;1-5,7H;3H,1H2,2H3. The van der Waals surface area contributed by atoms with Crippen LogP contribution < -0.4 is 0 Å². The van der Waals surface area contributed by atoms with E-state index in [0.717, 1.165) is 6.42 Å². The maximum absolute atomic E-state index is 9.72. The van der Waals surface area contributed by atoms with Crippen LogP contribution in [0.4, 0.5) is 0 Å². The Bertz CT molecular complexity index is 384. The molecule has 1 aromatic carbocycles. The maximum atomic E-state index is 9.72. The van der Waals surface area contributed by atoms with Crippen molar-refractivity contribution in [2.75, 3.05) is 6.54 Å². The van der Waals surface area contributed by atoms with Gasteiger partial charge in [-0.15, -0.1) is 6.58 Å². The SMILES string of the molecule is C=CC.CCCCCCCCCCN=C=O.Oc1ccccc1. The highest BCUT2D eigenvalue weighted by molar-refractivity contribution is 5.32. The first-order valence-corrected chi connectivity index (χ1v) is 8.57. The second-order valence-electron chi connectivity index (χ2n) is 5.19. The summed E-state index contributed by atoms with van der Waals surface area (Å²) in [6.07, 6.45) is 13.6. The number of phenols is 1. The third-order valence-corrected chi connectivity index (χ3v) is 2.94. The summed E-state index contributed by atoms with van der Waals surface area (Å²) in [5.74, 6) is 0.322. The van der Waals surface area contributed by atoms with Gasteiger partial charge in [-0.2, -0.15) is 0 Å². The van der Waals surface area contributed by atoms with E-state index in [1.165, 1.54) is 44.9 Å². The van der Waals surface area contributed by atoms with Gasteiger partial charge >= 0.3 is 0 Å². The van der Waals surface area contributed by atoms with Crippen LogP contribution in [-0.4, -0.2) is 17.7 Å². The Morgan fingerprint density at radius 1 is 1.04 bits per heavy atom. The van der Waals surface area contributed by atoms with E-state index in [4.69, 9.17) is 5.11 Å². The van der Waals surface area contributed by atoms with E-state index in [2.05, 4.69) is 18.5 Å². The molecule has 1 rings (SSSR count). The van der Waals surface area contributed by atoms with Crippen molar-refractivity contribution in [1.29, 1.82) is 0 Å². The molecule has 0 spiro atoms. The fraction of sp³-hybridized carbons (Fsp3) is 0.550. The molecule has 0 atom stereocenters. The zero-order chi connectivity index (χ0) is 17.6. The van der Waals surface area contributed by atoms with E-state index >= 15 is 0 Å². The van der Waals surface area contributed by atoms with Crippen LogP contribution >= 0.6 is 0 Å². The van der Waals surface area contributed by atoms with Gasteiger partial charge < -0.3 is 5.11 Å². The summed E-state index contributed by atoms with van der Waals surface area (Å²) in [4.78, 5) is 13.2. The van der Waals surface area contributed by atoms with Gasteiger partial charge in [0.1, 0.15) is 5.75 Å². The normalized spacial score (nSPS) is 8.61. The number of phenolic OH excluding ortho intramolecular Hbond substituents is 1. The van der Waals surface area contributed by atoms with Crippen LogP contribution in [0.1, 0.15) is 65.2 Å². The lowest BCUT2D eigenvalue weighted by atomic mass is 10.1. The number of hydrogen-bond acceptors (Lipinski definition) is 3. The van der Waals surface area contributed by atoms with E-state index in [1.807, 2.05) is 13.0 Å². The monoisotopic (exact) mass is 319 g/mol. The van der Waals surface area contributed by atoms with Crippen molar-refractivity contribution in [2.24, 2.45) is 4.99 Å². The zero-order valence-electron chi connectivity index (χ0n) is 14.8. The number of hydrogen-bond donors (Lipinski definition) is 1. The smallest absolute Gasteiger partial charge is 0.234 e. The van der Waals surface area contributed by atoms with Crippen LogP contribution in [0.5, 0.6) is 5.75 Å². The second kappa shape index (κ2) is 22.4. The summed E-state index contributed by atoms with van der Waals surface area (Å²) in [5, 5.41) is 8.63. The number of allylic oxidation sites excluding steroid dienone is 1. The number of aliphatic imine (C=N–C) groups is 1. The van der Waals surface area contributed by atoms with E-state index in [0.29, 0.717) is 12.3 Å². The number of unbranched alkanes of at least 4 members (excludes halogenated alkanes) is 7. The molecule has 0 aliphatic rings. The summed E-state index contributed by atoms with van der Waals surface area (Å²) < 4.78 is 0. The van der Waals surface area contributed by atoms with Gasteiger partial charge in [0.05, 0.1) is 6.54 Å². The first-order valence-electron chi connectivity index (χ1n) is 8.57. The Morgan fingerprint density at radius 3 is 1.91 bits per heavy atom. The molecule has 130 valence electrons. The van der Waals surface area contributed by atoms with E-state index in [1.54, 1.807) is 36.4 Å². The van der Waals surface area contributed by atoms with Crippen molar-refractivity contribution in [1.82, 2.24) is 0 Å². The number of benzene rings is 1. The molecule has 0 unspecified atom stereocenters. The maximum Gasteiger partial charge on any atom is 0.234 e. The molecule has 0 aromatic heterocycles. The lowest BCUT2D eigenvalue weighted by Gasteiger charge is -1.98. The zero-order valence-corrected chi connectivity index (χ0v) is 14.8. The highest BCUT2D eigenvalue weighted by atomic mass is 16.3. The minimum Gasteiger partial charge on any atom is -0.508 e. The molecule has 0 saturated heterocycles. The molecule has 0 heterocycles. The van der Waals surface area contributed by atoms with Crippen molar-refractivity contribution in [3.63, 3.8) is 0 Å². The van der Waals surface area contributed by atoms with Crippen LogP contribution in [0.2, 0.25) is 0 Å². The van der Waals surface area contributed by atoms with E-state index in [-0.39, 0.29) is 0 Å². The van der Waals surface area contributed by atoms with Crippen LogP contribution in [0.15, 0.2) is 48.0 Å². The largest absolute Gasteiger partial charge is 0.508 e. The second-order valence-corrected chi connectivity index (χ2v) is 5.19. The summed E-state index contributed by atoms with van der Waals surface area (Å²) in [6.45, 7) is 8.15. The average Bonchev–Trinajstić information content (AvgIpc) is 2.55. The molecule has 0 amide bonds. The molecule has 3 nitrogen and oxygen atoms in total. The molecule has 0 aliphatic carbocycles. The average molecular weight is 319 g/mol. The minimum absolute atomic E-state index is 0.322. The number of nitrogens with zero attached hydrogens (tertiary/aromatic N) is 1. The van der Waals surface area contributed by atoms with Gasteiger partial charge in [-0.1, -0.05) is 76.1 Å². The Hall–Kier alpha value is -1.86. The molecule has 0 saturated carbocycles. The van der Waals surface area contributed by atoms with Crippen LogP contribution in [0.3, 0.4) is 0 Å². The van der Waals surface area contributed by atoms with Crippen molar-refractivity contribution in [3.05, 3.63) is 43.0 Å². The summed E-state index contributed by atoms with van der Waals surface area (Å²) in [5.41, 5.74) is 0. The summed E-state index contributed by atoms with van der Waals surface area (Å²) in [6, 6.07) is 8.71. The molecule has 0 radical (unpaired) electrons. The van der Waals surface area contributed by atoms with Gasteiger partial charge in [0, 0.05) is 0 Å². The quantitative estimate of drug-likeness (QED) is 0.261. The summed E-state index contributed by atoms with van der Waals surface area (Å²) in [7, 11) is 0. The molecule has 0 aliphatic heterocycles. The van der Waals surface area contributed by atoms with Gasteiger partial charge in [0.15, 0.2) is 0 Å². The van der Waals surface area contributed by atoms with Gasteiger partial charge in [-0.25, -0.2) is 9.79 Å². The number of isocyanates is 1. The van der Waals surface area contributed by atoms with Crippen molar-refractivity contribution >= 4 is 6.08 Å². The third-order valence-electron chi connectivity index (χ3n) is 2.94. The summed E-state index contributed by atoms with van der Waals surface area (Å²) >= 11 is 0. The number of carbonyl (C=O) groups excluding carboxylic acids is 1. The topological polar surface area (TPSA) is 49.7 Å². The molecule has 1 aromatic rings. The predicted octanol–water partition coefficient (Wildman–Crippen LogP) is 6.05. The fourth-order valence-corrected chi connectivity index (χ4v) is 1.80. The van der Waals surface area contributed by atoms with E-state index in [9.17, 15) is 4.79 Å². The molecule has 0 fully saturated rings. The van der Waals surface area contributed by atoms with Crippen molar-refractivity contribution < 1.29 is 9.90 Å². The number of rotatable bonds is 9. The lowest BCUT2D eigenvalue weighted by Crippen LogP contribution is -1.83. The Labute approximate surface area is 142 Å². The van der Waals surface area contributed by atoms with Crippen molar-refractivity contribution in [2.45, 2.75) is 65.2 Å². The fourth-order valence-electron chi connectivity index (χ4n) is 1.80. The predicted molar refractivity (Wildman–Crippen MR) is 99.6 cm³/mol. The number of aromatic hydroxyl groups is 1. The highest BCUT2D eigenvalue weighted by Crippen LogP contribution is 2.08.